The summed E-state index contributed by atoms with van der Waals surface area (Å²) >= 11 is 12.1. The van der Waals surface area contributed by atoms with Gasteiger partial charge in [0.1, 0.15) is 11.7 Å². The highest BCUT2D eigenvalue weighted by Gasteiger charge is 2.46. The zero-order valence-electron chi connectivity index (χ0n) is 11.4. The summed E-state index contributed by atoms with van der Waals surface area (Å²) in [4.78, 5) is 23.6. The van der Waals surface area contributed by atoms with Crippen LogP contribution < -0.4 is 0 Å². The molecule has 0 saturated heterocycles. The van der Waals surface area contributed by atoms with E-state index in [9.17, 15) is 14.9 Å². The summed E-state index contributed by atoms with van der Waals surface area (Å²) in [5.74, 6) is -1.72. The quantitative estimate of drug-likeness (QED) is 0.618. The van der Waals surface area contributed by atoms with Crippen molar-refractivity contribution < 1.29 is 14.3 Å². The Morgan fingerprint density at radius 2 is 2.19 bits per heavy atom. The minimum absolute atomic E-state index is 0.0797. The summed E-state index contributed by atoms with van der Waals surface area (Å²) in [5.41, 5.74) is -0.383. The smallest absolute Gasteiger partial charge is 0.316 e. The number of Topliss-reactive ketones (excluding diaryl/α,β-unsaturated/α-hetero) is 1. The number of esters is 1. The maximum absolute atomic E-state index is 11.9. The second kappa shape index (κ2) is 6.05. The predicted octanol–water partition coefficient (Wildman–Crippen LogP) is 3.30. The molecule has 0 N–H and O–H groups in total. The highest BCUT2D eigenvalue weighted by atomic mass is 35.5. The number of nitriles is 1. The summed E-state index contributed by atoms with van der Waals surface area (Å²) < 4.78 is 4.66. The average Bonchev–Trinajstić information content (AvgIpc) is 2.47. The molecule has 1 aliphatic rings. The van der Waals surface area contributed by atoms with E-state index in [1.807, 2.05) is 0 Å². The average molecular weight is 326 g/mol. The molecule has 0 spiro atoms. The Kier molecular flexibility index (Phi) is 4.55. The first kappa shape index (κ1) is 15.8. The lowest BCUT2D eigenvalue weighted by Crippen LogP contribution is -2.40. The van der Waals surface area contributed by atoms with Crippen LogP contribution in [0.3, 0.4) is 0 Å². The lowest BCUT2D eigenvalue weighted by molar-refractivity contribution is -0.151. The fourth-order valence-electron chi connectivity index (χ4n) is 2.72. The third-order valence-corrected chi connectivity index (χ3v) is 4.43. The number of ketones is 1. The summed E-state index contributed by atoms with van der Waals surface area (Å²) in [7, 11) is 1.23. The van der Waals surface area contributed by atoms with Gasteiger partial charge in [0.2, 0.25) is 0 Å². The van der Waals surface area contributed by atoms with Crippen molar-refractivity contribution in [2.75, 3.05) is 7.11 Å². The molecule has 2 rings (SSSR count). The maximum atomic E-state index is 11.9. The fraction of sp³-hybridized carbons (Fsp3) is 0.400. The van der Waals surface area contributed by atoms with Gasteiger partial charge in [0.05, 0.1) is 18.6 Å². The summed E-state index contributed by atoms with van der Waals surface area (Å²) in [6, 6.07) is 7.12. The van der Waals surface area contributed by atoms with Crippen molar-refractivity contribution in [1.29, 1.82) is 5.26 Å². The van der Waals surface area contributed by atoms with E-state index in [2.05, 4.69) is 10.8 Å². The molecule has 6 heteroatoms. The Hall–Kier alpha value is -1.57. The van der Waals surface area contributed by atoms with Gasteiger partial charge in [0.25, 0.3) is 0 Å². The zero-order valence-corrected chi connectivity index (χ0v) is 12.9. The molecule has 1 aromatic rings. The molecule has 0 radical (unpaired) electrons. The molecule has 1 fully saturated rings. The van der Waals surface area contributed by atoms with Crippen molar-refractivity contribution in [3.63, 3.8) is 0 Å². The SMILES string of the molecule is COC(=O)C1CC(C#N)(c2ccc(Cl)cc2Cl)CCC1=O. The molecule has 110 valence electrons. The van der Waals surface area contributed by atoms with Crippen LogP contribution in [0.2, 0.25) is 10.0 Å². The van der Waals surface area contributed by atoms with E-state index in [0.717, 1.165) is 0 Å². The number of halogens is 2. The van der Waals surface area contributed by atoms with Crippen LogP contribution in [0.5, 0.6) is 0 Å². The Morgan fingerprint density at radius 1 is 1.48 bits per heavy atom. The number of nitrogens with zero attached hydrogens (tertiary/aromatic N) is 1. The van der Waals surface area contributed by atoms with Gasteiger partial charge >= 0.3 is 5.97 Å². The number of carbonyl (C=O) groups is 2. The summed E-state index contributed by atoms with van der Waals surface area (Å²) in [5, 5.41) is 10.5. The Bertz CT molecular complexity index is 630. The Balaban J connectivity index is 2.45. The standard InChI is InChI=1S/C15H13Cl2NO3/c1-21-14(20)10-7-15(8-18,5-4-13(10)19)11-3-2-9(16)6-12(11)17/h2-3,6,10H,4-5,7H2,1H3. The molecule has 2 atom stereocenters. The topological polar surface area (TPSA) is 67.2 Å². The van der Waals surface area contributed by atoms with Crippen LogP contribution in [0.15, 0.2) is 18.2 Å². The van der Waals surface area contributed by atoms with Gasteiger partial charge in [0, 0.05) is 16.5 Å². The van der Waals surface area contributed by atoms with Crippen molar-refractivity contribution in [2.24, 2.45) is 5.92 Å². The summed E-state index contributed by atoms with van der Waals surface area (Å²) in [6.45, 7) is 0. The molecule has 0 aliphatic heterocycles. The predicted molar refractivity (Wildman–Crippen MR) is 78.1 cm³/mol. The molecular weight excluding hydrogens is 313 g/mol. The highest BCUT2D eigenvalue weighted by molar-refractivity contribution is 6.35. The molecule has 1 aliphatic carbocycles. The van der Waals surface area contributed by atoms with Gasteiger partial charge in [0.15, 0.2) is 0 Å². The zero-order chi connectivity index (χ0) is 15.6. The van der Waals surface area contributed by atoms with E-state index in [-0.39, 0.29) is 18.6 Å². The van der Waals surface area contributed by atoms with Crippen molar-refractivity contribution in [3.8, 4) is 6.07 Å². The van der Waals surface area contributed by atoms with Crippen LogP contribution in [0.25, 0.3) is 0 Å². The normalized spacial score (nSPS) is 25.2. The van der Waals surface area contributed by atoms with Gasteiger partial charge in [-0.2, -0.15) is 5.26 Å². The van der Waals surface area contributed by atoms with Gasteiger partial charge < -0.3 is 4.74 Å². The Labute approximate surface area is 132 Å². The molecule has 0 aromatic heterocycles. The van der Waals surface area contributed by atoms with E-state index in [1.165, 1.54) is 7.11 Å². The van der Waals surface area contributed by atoms with Crippen molar-refractivity contribution >= 4 is 35.0 Å². The number of benzene rings is 1. The number of hydrogen-bond acceptors (Lipinski definition) is 4. The van der Waals surface area contributed by atoms with E-state index in [4.69, 9.17) is 23.2 Å². The van der Waals surface area contributed by atoms with Gasteiger partial charge in [-0.3, -0.25) is 9.59 Å². The molecule has 0 heterocycles. The van der Waals surface area contributed by atoms with Crippen LogP contribution in [-0.2, 0) is 19.7 Å². The lowest BCUT2D eigenvalue weighted by Gasteiger charge is -2.34. The molecular formula is C15H13Cl2NO3. The van der Waals surface area contributed by atoms with E-state index < -0.39 is 17.3 Å². The van der Waals surface area contributed by atoms with Gasteiger partial charge in [-0.25, -0.2) is 0 Å². The number of hydrogen-bond donors (Lipinski definition) is 0. The number of ether oxygens (including phenoxy) is 1. The molecule has 2 unspecified atom stereocenters. The lowest BCUT2D eigenvalue weighted by atomic mass is 9.66. The van der Waals surface area contributed by atoms with Crippen LogP contribution >= 0.6 is 23.2 Å². The van der Waals surface area contributed by atoms with E-state index in [0.29, 0.717) is 22.0 Å². The van der Waals surface area contributed by atoms with Crippen molar-refractivity contribution in [3.05, 3.63) is 33.8 Å². The van der Waals surface area contributed by atoms with Crippen molar-refractivity contribution in [1.82, 2.24) is 0 Å². The third-order valence-electron chi connectivity index (χ3n) is 3.89. The largest absolute Gasteiger partial charge is 0.468 e. The van der Waals surface area contributed by atoms with Crippen molar-refractivity contribution in [2.45, 2.75) is 24.7 Å². The Morgan fingerprint density at radius 3 is 2.76 bits per heavy atom. The number of methoxy groups -OCH3 is 1. The fourth-order valence-corrected chi connectivity index (χ4v) is 3.31. The van der Waals surface area contributed by atoms with Crippen LogP contribution in [0.1, 0.15) is 24.8 Å². The first-order chi connectivity index (χ1) is 9.93. The molecule has 0 amide bonds. The second-order valence-corrected chi connectivity index (χ2v) is 5.91. The molecule has 0 bridgehead atoms. The summed E-state index contributed by atoms with van der Waals surface area (Å²) in [6.07, 6.45) is 0.555. The van der Waals surface area contributed by atoms with E-state index >= 15 is 0 Å². The first-order valence-corrected chi connectivity index (χ1v) is 7.16. The third kappa shape index (κ3) is 2.90. The van der Waals surface area contributed by atoms with Gasteiger partial charge in [-0.1, -0.05) is 29.3 Å². The van der Waals surface area contributed by atoms with Crippen LogP contribution in [0.4, 0.5) is 0 Å². The van der Waals surface area contributed by atoms with Crippen LogP contribution in [0, 0.1) is 17.2 Å². The minimum atomic E-state index is -0.978. The highest BCUT2D eigenvalue weighted by Crippen LogP contribution is 2.43. The molecule has 21 heavy (non-hydrogen) atoms. The first-order valence-electron chi connectivity index (χ1n) is 6.41. The molecule has 4 nitrogen and oxygen atoms in total. The van der Waals surface area contributed by atoms with E-state index in [1.54, 1.807) is 18.2 Å². The monoisotopic (exact) mass is 325 g/mol. The van der Waals surface area contributed by atoms with Gasteiger partial charge in [-0.15, -0.1) is 0 Å². The molecule has 1 aromatic carbocycles. The number of carbonyl (C=O) groups excluding carboxylic acids is 2. The number of rotatable bonds is 2. The van der Waals surface area contributed by atoms with Gasteiger partial charge in [-0.05, 0) is 30.5 Å². The molecule has 1 saturated carbocycles. The maximum Gasteiger partial charge on any atom is 0.316 e. The second-order valence-electron chi connectivity index (χ2n) is 5.06. The van der Waals surface area contributed by atoms with Crippen LogP contribution in [-0.4, -0.2) is 18.9 Å². The minimum Gasteiger partial charge on any atom is -0.468 e.